The predicted octanol–water partition coefficient (Wildman–Crippen LogP) is 2.77. The van der Waals surface area contributed by atoms with E-state index in [0.29, 0.717) is 17.6 Å². The van der Waals surface area contributed by atoms with Crippen molar-refractivity contribution in [1.29, 1.82) is 0 Å². The summed E-state index contributed by atoms with van der Waals surface area (Å²) in [5.41, 5.74) is 0. The summed E-state index contributed by atoms with van der Waals surface area (Å²) in [6.45, 7) is 0. The van der Waals surface area contributed by atoms with Crippen LogP contribution in [0, 0.1) is 4.77 Å². The highest BCUT2D eigenvalue weighted by atomic mass is 32.1. The van der Waals surface area contributed by atoms with Gasteiger partial charge in [-0.25, -0.2) is 8.78 Å². The molecule has 0 amide bonds. The Hall–Kier alpha value is -0.780. The van der Waals surface area contributed by atoms with Crippen LogP contribution in [-0.2, 0) is 7.05 Å². The van der Waals surface area contributed by atoms with Crippen molar-refractivity contribution in [3.05, 3.63) is 10.6 Å². The van der Waals surface area contributed by atoms with Crippen LogP contribution < -0.4 is 0 Å². The summed E-state index contributed by atoms with van der Waals surface area (Å²) in [5, 5.41) is 6.77. The number of halogens is 2. The van der Waals surface area contributed by atoms with E-state index in [1.165, 1.54) is 0 Å². The molecule has 1 aromatic heterocycles. The van der Waals surface area contributed by atoms with Gasteiger partial charge in [0.15, 0.2) is 4.77 Å². The van der Waals surface area contributed by atoms with Crippen LogP contribution >= 0.6 is 12.2 Å². The number of nitrogens with zero attached hydrogens (tertiary/aromatic N) is 2. The maximum Gasteiger partial charge on any atom is 0.248 e. The molecule has 6 heteroatoms. The molecular weight excluding hydrogens is 220 g/mol. The summed E-state index contributed by atoms with van der Waals surface area (Å²) in [5.74, 6) is -1.57. The van der Waals surface area contributed by atoms with Crippen LogP contribution in [0.5, 0.6) is 0 Å². The molecule has 0 aliphatic heterocycles. The summed E-state index contributed by atoms with van der Waals surface area (Å²) < 4.78 is 28.2. The maximum atomic E-state index is 12.9. The Morgan fingerprint density at radius 3 is 2.53 bits per heavy atom. The van der Waals surface area contributed by atoms with E-state index in [9.17, 15) is 8.78 Å². The highest BCUT2D eigenvalue weighted by molar-refractivity contribution is 7.71. The van der Waals surface area contributed by atoms with Crippen molar-refractivity contribution in [3.63, 3.8) is 0 Å². The summed E-state index contributed by atoms with van der Waals surface area (Å²) in [6.07, 6.45) is 0.884. The second-order valence-electron chi connectivity index (χ2n) is 4.08. The van der Waals surface area contributed by atoms with Gasteiger partial charge >= 0.3 is 0 Å². The van der Waals surface area contributed by atoms with Gasteiger partial charge < -0.3 is 4.57 Å². The van der Waals surface area contributed by atoms with Crippen molar-refractivity contribution in [3.8, 4) is 0 Å². The summed E-state index contributed by atoms with van der Waals surface area (Å²) in [4.78, 5) is 0. The Labute approximate surface area is 91.5 Å². The van der Waals surface area contributed by atoms with Gasteiger partial charge in [-0.1, -0.05) is 0 Å². The van der Waals surface area contributed by atoms with Crippen molar-refractivity contribution in [2.24, 2.45) is 7.05 Å². The zero-order chi connectivity index (χ0) is 11.1. The number of hydrogen-bond acceptors (Lipinski definition) is 2. The molecule has 1 saturated carbocycles. The lowest BCUT2D eigenvalue weighted by Gasteiger charge is -2.27. The molecule has 3 nitrogen and oxygen atoms in total. The van der Waals surface area contributed by atoms with Crippen molar-refractivity contribution in [1.82, 2.24) is 14.8 Å². The Bertz CT molecular complexity index is 400. The lowest BCUT2D eigenvalue weighted by molar-refractivity contribution is -0.0389. The molecule has 15 heavy (non-hydrogen) atoms. The predicted molar refractivity (Wildman–Crippen MR) is 54.5 cm³/mol. The lowest BCUT2D eigenvalue weighted by Crippen LogP contribution is -2.24. The number of rotatable bonds is 1. The van der Waals surface area contributed by atoms with E-state index in [1.54, 1.807) is 4.57 Å². The molecular formula is C9H13F2N3S. The Kier molecular flexibility index (Phi) is 2.62. The largest absolute Gasteiger partial charge is 0.307 e. The van der Waals surface area contributed by atoms with Gasteiger partial charge in [0.2, 0.25) is 5.92 Å². The number of hydrogen-bond donors (Lipinski definition) is 1. The van der Waals surface area contributed by atoms with E-state index in [2.05, 4.69) is 10.2 Å². The molecule has 2 rings (SSSR count). The number of alkyl halides is 2. The minimum atomic E-state index is -2.48. The molecule has 0 saturated heterocycles. The fraction of sp³-hybridized carbons (Fsp3) is 0.778. The van der Waals surface area contributed by atoms with Crippen LogP contribution in [-0.4, -0.2) is 20.7 Å². The minimum absolute atomic E-state index is 0.0444. The van der Waals surface area contributed by atoms with Gasteiger partial charge in [-0.15, -0.1) is 0 Å². The van der Waals surface area contributed by atoms with Gasteiger partial charge in [0, 0.05) is 25.8 Å². The number of aromatic amines is 1. The molecule has 84 valence electrons. The average molecular weight is 233 g/mol. The van der Waals surface area contributed by atoms with E-state index in [1.807, 2.05) is 7.05 Å². The molecule has 0 radical (unpaired) electrons. The van der Waals surface area contributed by atoms with E-state index in [4.69, 9.17) is 12.2 Å². The molecule has 1 aliphatic rings. The van der Waals surface area contributed by atoms with Crippen molar-refractivity contribution < 1.29 is 8.78 Å². The number of nitrogens with one attached hydrogen (secondary N) is 1. The topological polar surface area (TPSA) is 33.6 Å². The summed E-state index contributed by atoms with van der Waals surface area (Å²) >= 11 is 4.99. The van der Waals surface area contributed by atoms with Crippen LogP contribution in [0.2, 0.25) is 0 Å². The zero-order valence-corrected chi connectivity index (χ0v) is 9.28. The Balaban J connectivity index is 2.14. The van der Waals surface area contributed by atoms with Gasteiger partial charge in [-0.3, -0.25) is 5.10 Å². The van der Waals surface area contributed by atoms with Gasteiger partial charge in [0.1, 0.15) is 5.82 Å². The first-order valence-electron chi connectivity index (χ1n) is 4.99. The number of aromatic nitrogens is 3. The summed E-state index contributed by atoms with van der Waals surface area (Å²) in [7, 11) is 1.81. The number of H-pyrrole nitrogens is 1. The molecule has 1 heterocycles. The van der Waals surface area contributed by atoms with Gasteiger partial charge in [-0.05, 0) is 25.1 Å². The van der Waals surface area contributed by atoms with E-state index in [-0.39, 0.29) is 18.8 Å². The normalized spacial score (nSPS) is 21.8. The van der Waals surface area contributed by atoms with E-state index < -0.39 is 5.92 Å². The molecule has 0 aromatic carbocycles. The smallest absolute Gasteiger partial charge is 0.248 e. The van der Waals surface area contributed by atoms with Crippen molar-refractivity contribution in [2.75, 3.05) is 0 Å². The fourth-order valence-electron chi connectivity index (χ4n) is 2.02. The average Bonchev–Trinajstić information content (AvgIpc) is 2.49. The van der Waals surface area contributed by atoms with E-state index >= 15 is 0 Å². The molecule has 1 aromatic rings. The monoisotopic (exact) mass is 233 g/mol. The van der Waals surface area contributed by atoms with Crippen LogP contribution in [0.15, 0.2) is 0 Å². The van der Waals surface area contributed by atoms with Gasteiger partial charge in [-0.2, -0.15) is 5.10 Å². The van der Waals surface area contributed by atoms with Crippen molar-refractivity contribution >= 4 is 12.2 Å². The third kappa shape index (κ3) is 2.09. The fourth-order valence-corrected chi connectivity index (χ4v) is 2.16. The van der Waals surface area contributed by atoms with Gasteiger partial charge in [0.05, 0.1) is 0 Å². The third-order valence-corrected chi connectivity index (χ3v) is 3.36. The molecule has 0 bridgehead atoms. The molecule has 0 atom stereocenters. The van der Waals surface area contributed by atoms with Crippen LogP contribution in [0.4, 0.5) is 8.78 Å². The second-order valence-corrected chi connectivity index (χ2v) is 4.46. The van der Waals surface area contributed by atoms with Gasteiger partial charge in [0.25, 0.3) is 0 Å². The Morgan fingerprint density at radius 1 is 1.47 bits per heavy atom. The molecule has 0 unspecified atom stereocenters. The lowest BCUT2D eigenvalue weighted by atomic mass is 9.86. The first kappa shape index (κ1) is 10.7. The van der Waals surface area contributed by atoms with Crippen LogP contribution in [0.1, 0.15) is 37.4 Å². The first-order valence-corrected chi connectivity index (χ1v) is 5.39. The quantitative estimate of drug-likeness (QED) is 0.757. The standard InChI is InChI=1S/C9H13F2N3S/c1-14-7(12-13-8(14)15)6-2-4-9(10,11)5-3-6/h6H,2-5H2,1H3,(H,13,15). The van der Waals surface area contributed by atoms with Crippen LogP contribution in [0.3, 0.4) is 0 Å². The molecule has 1 fully saturated rings. The zero-order valence-electron chi connectivity index (χ0n) is 8.46. The summed E-state index contributed by atoms with van der Waals surface area (Å²) in [6, 6.07) is 0. The SMILES string of the molecule is Cn1c(C2CCC(F)(F)CC2)n[nH]c1=S. The molecule has 0 spiro atoms. The van der Waals surface area contributed by atoms with E-state index in [0.717, 1.165) is 5.82 Å². The Morgan fingerprint density at radius 2 is 2.07 bits per heavy atom. The maximum absolute atomic E-state index is 12.9. The molecule has 1 aliphatic carbocycles. The minimum Gasteiger partial charge on any atom is -0.307 e. The van der Waals surface area contributed by atoms with Crippen molar-refractivity contribution in [2.45, 2.75) is 37.5 Å². The molecule has 1 N–H and O–H groups in total. The van der Waals surface area contributed by atoms with Crippen LogP contribution in [0.25, 0.3) is 0 Å². The first-order chi connectivity index (χ1) is 6.99. The highest BCUT2D eigenvalue weighted by Crippen LogP contribution is 2.39. The highest BCUT2D eigenvalue weighted by Gasteiger charge is 2.36. The second kappa shape index (κ2) is 3.66. The third-order valence-electron chi connectivity index (χ3n) is 3.00.